The van der Waals surface area contributed by atoms with Crippen LogP contribution in [0.15, 0.2) is 23.1 Å². The number of sulfonamides is 1. The molecule has 1 rings (SSSR count). The molecule has 1 aromatic rings. The summed E-state index contributed by atoms with van der Waals surface area (Å²) in [6.07, 6.45) is -0.210. The summed E-state index contributed by atoms with van der Waals surface area (Å²) in [5.41, 5.74) is 5.90. The molecule has 0 fully saturated rings. The quantitative estimate of drug-likeness (QED) is 0.771. The molecule has 5 nitrogen and oxygen atoms in total. The average molecular weight is 331 g/mol. The normalized spacial score (nSPS) is 12.6. The zero-order chi connectivity index (χ0) is 15.9. The van der Waals surface area contributed by atoms with Gasteiger partial charge in [0.15, 0.2) is 0 Å². The number of hydrogen-bond donors (Lipinski definition) is 2. The van der Waals surface area contributed by atoms with Crippen molar-refractivity contribution in [1.82, 2.24) is 4.72 Å². The highest BCUT2D eigenvalue weighted by Gasteiger charge is 2.18. The fourth-order valence-electron chi connectivity index (χ4n) is 1.60. The summed E-state index contributed by atoms with van der Waals surface area (Å²) in [4.78, 5) is 0.0196. The van der Waals surface area contributed by atoms with Gasteiger partial charge in [0.2, 0.25) is 10.0 Å². The molecule has 0 heterocycles. The first kappa shape index (κ1) is 18.0. The lowest BCUT2D eigenvalue weighted by Gasteiger charge is -2.13. The van der Waals surface area contributed by atoms with Gasteiger partial charge in [0.05, 0.1) is 17.7 Å². The van der Waals surface area contributed by atoms with Crippen LogP contribution in [0.2, 0.25) is 5.02 Å². The summed E-state index contributed by atoms with van der Waals surface area (Å²) in [5, 5.41) is 0.121. The number of nitrogens with one attached hydrogen (secondary N) is 1. The third-order valence-corrected chi connectivity index (χ3v) is 4.47. The molecule has 0 aliphatic heterocycles. The summed E-state index contributed by atoms with van der Waals surface area (Å²) in [7, 11) is -3.68. The van der Waals surface area contributed by atoms with Crippen molar-refractivity contribution in [2.75, 3.05) is 19.7 Å². The molecule has 1 aromatic carbocycles. The molecule has 1 atom stereocenters. The van der Waals surface area contributed by atoms with Crippen molar-refractivity contribution in [3.05, 3.63) is 28.8 Å². The summed E-state index contributed by atoms with van der Waals surface area (Å²) >= 11 is 6.02. The third-order valence-electron chi connectivity index (χ3n) is 2.57. The van der Waals surface area contributed by atoms with Crippen molar-refractivity contribution in [3.8, 4) is 11.8 Å². The van der Waals surface area contributed by atoms with E-state index >= 15 is 0 Å². The Morgan fingerprint density at radius 2 is 2.19 bits per heavy atom. The van der Waals surface area contributed by atoms with Crippen LogP contribution < -0.4 is 10.5 Å². The highest BCUT2D eigenvalue weighted by Crippen LogP contribution is 2.22. The SMILES string of the molecule is CCOC(C)CNS(=O)(=O)c1ccc(C#CCN)cc1Cl. The minimum atomic E-state index is -3.68. The van der Waals surface area contributed by atoms with Crippen LogP contribution in [0.25, 0.3) is 0 Å². The molecule has 7 heteroatoms. The Morgan fingerprint density at radius 3 is 2.76 bits per heavy atom. The molecular formula is C14H19ClN2O3S. The van der Waals surface area contributed by atoms with Gasteiger partial charge >= 0.3 is 0 Å². The molecule has 3 N–H and O–H groups in total. The van der Waals surface area contributed by atoms with Crippen LogP contribution in [0.3, 0.4) is 0 Å². The second kappa shape index (κ2) is 8.37. The van der Waals surface area contributed by atoms with E-state index in [-0.39, 0.29) is 29.1 Å². The molecule has 21 heavy (non-hydrogen) atoms. The maximum atomic E-state index is 12.2. The Labute approximate surface area is 130 Å². The first-order valence-corrected chi connectivity index (χ1v) is 8.36. The van der Waals surface area contributed by atoms with Crippen LogP contribution in [0.4, 0.5) is 0 Å². The van der Waals surface area contributed by atoms with Gasteiger partial charge in [-0.2, -0.15) is 0 Å². The van der Waals surface area contributed by atoms with Crippen molar-refractivity contribution in [2.24, 2.45) is 5.73 Å². The molecule has 1 unspecified atom stereocenters. The van der Waals surface area contributed by atoms with Gasteiger partial charge < -0.3 is 10.5 Å². The van der Waals surface area contributed by atoms with Crippen LogP contribution in [0.1, 0.15) is 19.4 Å². The molecule has 0 radical (unpaired) electrons. The number of nitrogens with two attached hydrogens (primary N) is 1. The molecule has 0 amide bonds. The number of ether oxygens (including phenoxy) is 1. The molecule has 0 aromatic heterocycles. The highest BCUT2D eigenvalue weighted by molar-refractivity contribution is 7.89. The molecule has 0 saturated heterocycles. The number of halogens is 1. The zero-order valence-corrected chi connectivity index (χ0v) is 13.6. The predicted molar refractivity (Wildman–Crippen MR) is 83.7 cm³/mol. The van der Waals surface area contributed by atoms with E-state index in [4.69, 9.17) is 22.1 Å². The van der Waals surface area contributed by atoms with Gasteiger partial charge in [-0.15, -0.1) is 0 Å². The van der Waals surface area contributed by atoms with Crippen LogP contribution in [0, 0.1) is 11.8 Å². The fourth-order valence-corrected chi connectivity index (χ4v) is 3.26. The second-order valence-corrected chi connectivity index (χ2v) is 6.41. The van der Waals surface area contributed by atoms with Crippen molar-refractivity contribution in [3.63, 3.8) is 0 Å². The first-order chi connectivity index (χ1) is 9.90. The fraction of sp³-hybridized carbons (Fsp3) is 0.429. The van der Waals surface area contributed by atoms with Gasteiger partial charge in [-0.25, -0.2) is 13.1 Å². The number of rotatable bonds is 6. The average Bonchev–Trinajstić information content (AvgIpc) is 2.43. The molecular weight excluding hydrogens is 312 g/mol. The molecule has 0 bridgehead atoms. The summed E-state index contributed by atoms with van der Waals surface area (Å²) in [6, 6.07) is 4.52. The van der Waals surface area contributed by atoms with Crippen molar-refractivity contribution >= 4 is 21.6 Å². The highest BCUT2D eigenvalue weighted by atomic mass is 35.5. The maximum Gasteiger partial charge on any atom is 0.242 e. The van der Waals surface area contributed by atoms with Crippen LogP contribution in [0.5, 0.6) is 0 Å². The van der Waals surface area contributed by atoms with Crippen molar-refractivity contribution in [2.45, 2.75) is 24.8 Å². The smallest absolute Gasteiger partial charge is 0.242 e. The Balaban J connectivity index is 2.88. The maximum absolute atomic E-state index is 12.2. The minimum absolute atomic E-state index is 0.0196. The standard InChI is InChI=1S/C14H19ClN2O3S/c1-3-20-11(2)10-17-21(18,19)14-7-6-12(5-4-8-16)9-13(14)15/h6-7,9,11,17H,3,8,10,16H2,1-2H3. The lowest BCUT2D eigenvalue weighted by Crippen LogP contribution is -2.32. The molecule has 0 spiro atoms. The van der Waals surface area contributed by atoms with E-state index in [1.165, 1.54) is 12.1 Å². The van der Waals surface area contributed by atoms with Gasteiger partial charge in [-0.3, -0.25) is 0 Å². The molecule has 0 aliphatic carbocycles. The number of benzene rings is 1. The molecule has 0 aliphatic rings. The van der Waals surface area contributed by atoms with E-state index < -0.39 is 10.0 Å². The van der Waals surface area contributed by atoms with Gasteiger partial charge in [0.1, 0.15) is 4.90 Å². The largest absolute Gasteiger partial charge is 0.377 e. The van der Waals surface area contributed by atoms with Crippen molar-refractivity contribution in [1.29, 1.82) is 0 Å². The van der Waals surface area contributed by atoms with Crippen molar-refractivity contribution < 1.29 is 13.2 Å². The van der Waals surface area contributed by atoms with Crippen LogP contribution in [-0.2, 0) is 14.8 Å². The van der Waals surface area contributed by atoms with E-state index in [2.05, 4.69) is 16.6 Å². The van der Waals surface area contributed by atoms with E-state index in [0.29, 0.717) is 12.2 Å². The lowest BCUT2D eigenvalue weighted by atomic mass is 10.2. The van der Waals surface area contributed by atoms with E-state index in [1.807, 2.05) is 6.92 Å². The Kier molecular flexibility index (Phi) is 7.15. The van der Waals surface area contributed by atoms with Crippen LogP contribution in [-0.4, -0.2) is 34.2 Å². The second-order valence-electron chi connectivity index (χ2n) is 4.27. The zero-order valence-electron chi connectivity index (χ0n) is 12.0. The monoisotopic (exact) mass is 330 g/mol. The Bertz CT molecular complexity index is 635. The van der Waals surface area contributed by atoms with E-state index in [0.717, 1.165) is 0 Å². The summed E-state index contributed by atoms with van der Waals surface area (Å²) in [5.74, 6) is 5.48. The topological polar surface area (TPSA) is 81.4 Å². The van der Waals surface area contributed by atoms with Gasteiger partial charge in [0, 0.05) is 18.7 Å². The third kappa shape index (κ3) is 5.65. The molecule has 116 valence electrons. The van der Waals surface area contributed by atoms with Gasteiger partial charge in [0.25, 0.3) is 0 Å². The molecule has 0 saturated carbocycles. The van der Waals surface area contributed by atoms with Gasteiger partial charge in [-0.05, 0) is 32.0 Å². The summed E-state index contributed by atoms with van der Waals surface area (Å²) < 4.78 is 32.1. The number of hydrogen-bond acceptors (Lipinski definition) is 4. The minimum Gasteiger partial charge on any atom is -0.377 e. The predicted octanol–water partition coefficient (Wildman–Crippen LogP) is 1.35. The summed E-state index contributed by atoms with van der Waals surface area (Å²) in [6.45, 7) is 4.58. The lowest BCUT2D eigenvalue weighted by molar-refractivity contribution is 0.0799. The van der Waals surface area contributed by atoms with E-state index in [1.54, 1.807) is 13.0 Å². The van der Waals surface area contributed by atoms with E-state index in [9.17, 15) is 8.42 Å². The van der Waals surface area contributed by atoms with Crippen LogP contribution >= 0.6 is 11.6 Å². The Morgan fingerprint density at radius 1 is 1.48 bits per heavy atom. The van der Waals surface area contributed by atoms with Gasteiger partial charge in [-0.1, -0.05) is 23.4 Å². The first-order valence-electron chi connectivity index (χ1n) is 6.50. The Hall–Kier alpha value is -1.10.